The number of amides is 1. The summed E-state index contributed by atoms with van der Waals surface area (Å²) in [5.74, 6) is 0.633. The molecule has 122 valence electrons. The zero-order valence-electron chi connectivity index (χ0n) is 13.3. The summed E-state index contributed by atoms with van der Waals surface area (Å²) in [5, 5.41) is 3.65. The van der Waals surface area contributed by atoms with E-state index in [1.807, 2.05) is 26.0 Å². The van der Waals surface area contributed by atoms with Crippen molar-refractivity contribution in [1.82, 2.24) is 0 Å². The molecular weight excluding hydrogens is 326 g/mol. The zero-order valence-corrected chi connectivity index (χ0v) is 14.1. The van der Waals surface area contributed by atoms with Gasteiger partial charge in [-0.3, -0.25) is 9.59 Å². The molecule has 4 nitrogen and oxygen atoms in total. The third-order valence-electron chi connectivity index (χ3n) is 3.80. The SMILES string of the molecule is CC(C)c1oc2cc(NC=O)ccc2c(=O)c1-c1ccc(Cl)cc1. The van der Waals surface area contributed by atoms with E-state index in [9.17, 15) is 9.59 Å². The molecule has 24 heavy (non-hydrogen) atoms. The monoisotopic (exact) mass is 341 g/mol. The number of hydrogen-bond donors (Lipinski definition) is 1. The normalized spacial score (nSPS) is 11.0. The van der Waals surface area contributed by atoms with E-state index in [1.165, 1.54) is 0 Å². The number of hydrogen-bond acceptors (Lipinski definition) is 3. The lowest BCUT2D eigenvalue weighted by Crippen LogP contribution is -2.10. The molecule has 0 aliphatic carbocycles. The van der Waals surface area contributed by atoms with E-state index < -0.39 is 0 Å². The Morgan fingerprint density at radius 1 is 1.12 bits per heavy atom. The van der Waals surface area contributed by atoms with E-state index in [4.69, 9.17) is 16.0 Å². The van der Waals surface area contributed by atoms with E-state index in [2.05, 4.69) is 5.32 Å². The lowest BCUT2D eigenvalue weighted by Gasteiger charge is -2.13. The summed E-state index contributed by atoms with van der Waals surface area (Å²) < 4.78 is 6.02. The minimum Gasteiger partial charge on any atom is -0.460 e. The van der Waals surface area contributed by atoms with Gasteiger partial charge in [-0.2, -0.15) is 0 Å². The van der Waals surface area contributed by atoms with E-state index in [0.29, 0.717) is 39.4 Å². The molecule has 2 aromatic carbocycles. The van der Waals surface area contributed by atoms with Crippen LogP contribution in [0.2, 0.25) is 5.02 Å². The maximum atomic E-state index is 13.0. The Morgan fingerprint density at radius 3 is 2.46 bits per heavy atom. The molecule has 0 bridgehead atoms. The first-order valence-corrected chi connectivity index (χ1v) is 7.96. The summed E-state index contributed by atoms with van der Waals surface area (Å²) in [4.78, 5) is 23.6. The van der Waals surface area contributed by atoms with Gasteiger partial charge in [0.05, 0.1) is 10.9 Å². The van der Waals surface area contributed by atoms with Gasteiger partial charge in [0.1, 0.15) is 11.3 Å². The highest BCUT2D eigenvalue weighted by Gasteiger charge is 2.18. The third-order valence-corrected chi connectivity index (χ3v) is 4.05. The first-order chi connectivity index (χ1) is 11.5. The van der Waals surface area contributed by atoms with Gasteiger partial charge in [-0.15, -0.1) is 0 Å². The van der Waals surface area contributed by atoms with E-state index in [1.54, 1.807) is 30.3 Å². The summed E-state index contributed by atoms with van der Waals surface area (Å²) in [6.45, 7) is 3.94. The van der Waals surface area contributed by atoms with Crippen LogP contribution >= 0.6 is 11.6 Å². The van der Waals surface area contributed by atoms with Crippen molar-refractivity contribution in [1.29, 1.82) is 0 Å². The van der Waals surface area contributed by atoms with Gasteiger partial charge < -0.3 is 9.73 Å². The van der Waals surface area contributed by atoms with Gasteiger partial charge in [0.25, 0.3) is 0 Å². The lowest BCUT2D eigenvalue weighted by atomic mass is 9.97. The average Bonchev–Trinajstić information content (AvgIpc) is 2.56. The van der Waals surface area contributed by atoms with Gasteiger partial charge in [0.2, 0.25) is 11.8 Å². The minimum atomic E-state index is -0.0973. The number of fused-ring (bicyclic) bond motifs is 1. The molecule has 1 aromatic heterocycles. The average molecular weight is 342 g/mol. The molecule has 0 radical (unpaired) electrons. The van der Waals surface area contributed by atoms with Crippen molar-refractivity contribution in [3.05, 3.63) is 63.5 Å². The number of benzene rings is 2. The highest BCUT2D eigenvalue weighted by molar-refractivity contribution is 6.30. The number of halogens is 1. The molecule has 0 aliphatic heterocycles. The number of rotatable bonds is 4. The van der Waals surface area contributed by atoms with Crippen LogP contribution in [-0.4, -0.2) is 6.41 Å². The lowest BCUT2D eigenvalue weighted by molar-refractivity contribution is -0.105. The number of anilines is 1. The summed E-state index contributed by atoms with van der Waals surface area (Å²) in [6.07, 6.45) is 0.588. The largest absolute Gasteiger partial charge is 0.460 e. The topological polar surface area (TPSA) is 59.3 Å². The Hall–Kier alpha value is -2.59. The fraction of sp³-hybridized carbons (Fsp3) is 0.158. The standard InChI is InChI=1S/C19H16ClNO3/c1-11(2)19-17(12-3-5-13(20)6-4-12)18(23)15-8-7-14(21-10-22)9-16(15)24-19/h3-11H,1-2H3,(H,21,22). The smallest absolute Gasteiger partial charge is 0.211 e. The summed E-state index contributed by atoms with van der Waals surface area (Å²) in [7, 11) is 0. The Labute approximate surface area is 144 Å². The molecule has 5 heteroatoms. The third kappa shape index (κ3) is 2.93. The molecule has 3 rings (SSSR count). The second kappa shape index (κ2) is 6.49. The van der Waals surface area contributed by atoms with Gasteiger partial charge in [-0.05, 0) is 29.8 Å². The summed E-state index contributed by atoms with van der Waals surface area (Å²) in [6, 6.07) is 12.1. The molecular formula is C19H16ClNO3. The maximum absolute atomic E-state index is 13.0. The maximum Gasteiger partial charge on any atom is 0.211 e. The van der Waals surface area contributed by atoms with Crippen LogP contribution < -0.4 is 10.7 Å². The van der Waals surface area contributed by atoms with Crippen LogP contribution in [0, 0.1) is 0 Å². The fourth-order valence-corrected chi connectivity index (χ4v) is 2.79. The molecule has 0 spiro atoms. The van der Waals surface area contributed by atoms with Crippen molar-refractivity contribution in [2.24, 2.45) is 0 Å². The molecule has 0 fully saturated rings. The molecule has 1 N–H and O–H groups in total. The van der Waals surface area contributed by atoms with Crippen molar-refractivity contribution < 1.29 is 9.21 Å². The molecule has 0 atom stereocenters. The van der Waals surface area contributed by atoms with Crippen LogP contribution in [0.5, 0.6) is 0 Å². The van der Waals surface area contributed by atoms with Crippen LogP contribution in [0.1, 0.15) is 25.5 Å². The Bertz CT molecular complexity index is 959. The molecule has 1 heterocycles. The van der Waals surface area contributed by atoms with Gasteiger partial charge in [0.15, 0.2) is 0 Å². The van der Waals surface area contributed by atoms with Crippen LogP contribution in [-0.2, 0) is 4.79 Å². The van der Waals surface area contributed by atoms with Crippen molar-refractivity contribution in [3.8, 4) is 11.1 Å². The highest BCUT2D eigenvalue weighted by atomic mass is 35.5. The van der Waals surface area contributed by atoms with Crippen molar-refractivity contribution in [2.45, 2.75) is 19.8 Å². The van der Waals surface area contributed by atoms with Crippen LogP contribution in [0.25, 0.3) is 22.1 Å². The van der Waals surface area contributed by atoms with Crippen molar-refractivity contribution >= 4 is 34.7 Å². The van der Waals surface area contributed by atoms with Crippen LogP contribution in [0.4, 0.5) is 5.69 Å². The minimum absolute atomic E-state index is 0.0236. The summed E-state index contributed by atoms with van der Waals surface area (Å²) in [5.41, 5.74) is 2.25. The van der Waals surface area contributed by atoms with E-state index in [0.717, 1.165) is 5.56 Å². The molecule has 1 amide bonds. The predicted octanol–water partition coefficient (Wildman–Crippen LogP) is 4.81. The molecule has 0 unspecified atom stereocenters. The van der Waals surface area contributed by atoms with Gasteiger partial charge >= 0.3 is 0 Å². The fourth-order valence-electron chi connectivity index (χ4n) is 2.66. The second-order valence-electron chi connectivity index (χ2n) is 5.81. The molecule has 0 saturated heterocycles. The van der Waals surface area contributed by atoms with Gasteiger partial charge in [-0.1, -0.05) is 37.6 Å². The number of carbonyl (C=O) groups is 1. The summed E-state index contributed by atoms with van der Waals surface area (Å²) >= 11 is 5.95. The van der Waals surface area contributed by atoms with Crippen LogP contribution in [0.15, 0.2) is 51.7 Å². The van der Waals surface area contributed by atoms with Crippen molar-refractivity contribution in [2.75, 3.05) is 5.32 Å². The van der Waals surface area contributed by atoms with Gasteiger partial charge in [0, 0.05) is 22.7 Å². The molecule has 0 aliphatic rings. The van der Waals surface area contributed by atoms with Gasteiger partial charge in [-0.25, -0.2) is 0 Å². The molecule has 3 aromatic rings. The number of carbonyl (C=O) groups excluding carboxylic acids is 1. The quantitative estimate of drug-likeness (QED) is 0.693. The first kappa shape index (κ1) is 16.3. The zero-order chi connectivity index (χ0) is 17.3. The Kier molecular flexibility index (Phi) is 4.40. The first-order valence-electron chi connectivity index (χ1n) is 7.58. The Morgan fingerprint density at radius 2 is 1.83 bits per heavy atom. The van der Waals surface area contributed by atoms with E-state index >= 15 is 0 Å². The predicted molar refractivity (Wildman–Crippen MR) is 96.7 cm³/mol. The Balaban J connectivity index is 2.31. The van der Waals surface area contributed by atoms with E-state index in [-0.39, 0.29) is 11.3 Å². The highest BCUT2D eigenvalue weighted by Crippen LogP contribution is 2.31. The van der Waals surface area contributed by atoms with Crippen LogP contribution in [0.3, 0.4) is 0 Å². The van der Waals surface area contributed by atoms with Crippen molar-refractivity contribution in [3.63, 3.8) is 0 Å². The number of nitrogens with one attached hydrogen (secondary N) is 1. The molecule has 0 saturated carbocycles. The second-order valence-corrected chi connectivity index (χ2v) is 6.24.